The van der Waals surface area contributed by atoms with Gasteiger partial charge in [0.15, 0.2) is 0 Å². The van der Waals surface area contributed by atoms with Crippen LogP contribution >= 0.6 is 0 Å². The van der Waals surface area contributed by atoms with Gasteiger partial charge >= 0.3 is 0 Å². The van der Waals surface area contributed by atoms with Gasteiger partial charge in [-0.05, 0) is 18.1 Å². The van der Waals surface area contributed by atoms with Crippen molar-refractivity contribution < 1.29 is 0 Å². The van der Waals surface area contributed by atoms with Crippen LogP contribution < -0.4 is 0 Å². The molecule has 0 radical (unpaired) electrons. The number of hydrogen-bond acceptors (Lipinski definition) is 2. The largest absolute Gasteiger partial charge is 0.296 e. The van der Waals surface area contributed by atoms with Crippen LogP contribution in [0.4, 0.5) is 0 Å². The number of hydrogen-bond donors (Lipinski definition) is 0. The maximum absolute atomic E-state index is 4.44. The summed E-state index contributed by atoms with van der Waals surface area (Å²) in [7, 11) is 2.02. The fraction of sp³-hybridized carbons (Fsp3) is 0.364. The molecule has 0 unspecified atom stereocenters. The predicted octanol–water partition coefficient (Wildman–Crippen LogP) is 2.05. The molecule has 0 fully saturated rings. The van der Waals surface area contributed by atoms with E-state index in [1.165, 1.54) is 16.8 Å². The van der Waals surface area contributed by atoms with E-state index in [1.54, 1.807) is 0 Å². The Kier molecular flexibility index (Phi) is 2.05. The van der Waals surface area contributed by atoms with E-state index >= 15 is 0 Å². The van der Waals surface area contributed by atoms with Gasteiger partial charge < -0.3 is 0 Å². The highest BCUT2D eigenvalue weighted by Crippen LogP contribution is 2.15. The van der Waals surface area contributed by atoms with Crippen LogP contribution in [-0.2, 0) is 13.0 Å². The number of fused-ring (bicyclic) bond motifs is 1. The van der Waals surface area contributed by atoms with Gasteiger partial charge in [-0.25, -0.2) is 0 Å². The first-order chi connectivity index (χ1) is 6.25. The van der Waals surface area contributed by atoms with Crippen molar-refractivity contribution in [3.05, 3.63) is 35.4 Å². The summed E-state index contributed by atoms with van der Waals surface area (Å²) in [6.07, 6.45) is 0.987. The summed E-state index contributed by atoms with van der Waals surface area (Å²) >= 11 is 0. The molecule has 0 spiro atoms. The molecule has 2 rings (SSSR count). The number of rotatable bonds is 0. The Labute approximate surface area is 78.9 Å². The Morgan fingerprint density at radius 3 is 2.69 bits per heavy atom. The third kappa shape index (κ3) is 1.72. The highest BCUT2D eigenvalue weighted by Gasteiger charge is 2.09. The van der Waals surface area contributed by atoms with Crippen LogP contribution in [0, 0.1) is 0 Å². The van der Waals surface area contributed by atoms with Crippen LogP contribution in [0.5, 0.6) is 0 Å². The van der Waals surface area contributed by atoms with Gasteiger partial charge in [-0.15, -0.1) is 0 Å². The lowest BCUT2D eigenvalue weighted by molar-refractivity contribution is 0.348. The maximum atomic E-state index is 4.44. The minimum atomic E-state index is 0.924. The molecule has 2 nitrogen and oxygen atoms in total. The lowest BCUT2D eigenvalue weighted by Crippen LogP contribution is -2.10. The minimum absolute atomic E-state index is 0.924. The molecule has 2 heteroatoms. The van der Waals surface area contributed by atoms with Crippen molar-refractivity contribution in [1.82, 2.24) is 5.01 Å². The van der Waals surface area contributed by atoms with E-state index < -0.39 is 0 Å². The molecule has 0 bridgehead atoms. The Morgan fingerprint density at radius 1 is 1.23 bits per heavy atom. The summed E-state index contributed by atoms with van der Waals surface area (Å²) in [5.41, 5.74) is 3.99. The standard InChI is InChI=1S/C11H14N2/c1-9-7-10-5-3-4-6-11(10)8-13(2)12-9/h3-6H,7-8H2,1-2H3. The third-order valence-electron chi connectivity index (χ3n) is 2.31. The van der Waals surface area contributed by atoms with Crippen molar-refractivity contribution in [2.75, 3.05) is 7.05 Å². The number of hydrazone groups is 1. The van der Waals surface area contributed by atoms with Crippen LogP contribution in [0.2, 0.25) is 0 Å². The molecule has 1 aliphatic heterocycles. The average Bonchev–Trinajstić information content (AvgIpc) is 2.20. The van der Waals surface area contributed by atoms with E-state index in [-0.39, 0.29) is 0 Å². The van der Waals surface area contributed by atoms with Crippen LogP contribution in [0.25, 0.3) is 0 Å². The fourth-order valence-corrected chi connectivity index (χ4v) is 1.77. The predicted molar refractivity (Wildman–Crippen MR) is 54.7 cm³/mol. The molecule has 0 N–H and O–H groups in total. The fourth-order valence-electron chi connectivity index (χ4n) is 1.77. The van der Waals surface area contributed by atoms with E-state index in [9.17, 15) is 0 Å². The van der Waals surface area contributed by atoms with Crippen molar-refractivity contribution in [2.24, 2.45) is 5.10 Å². The molecule has 0 saturated heterocycles. The zero-order valence-corrected chi connectivity index (χ0v) is 8.12. The second-order valence-electron chi connectivity index (χ2n) is 3.60. The Hall–Kier alpha value is -1.31. The molecular weight excluding hydrogens is 160 g/mol. The zero-order valence-electron chi connectivity index (χ0n) is 8.12. The smallest absolute Gasteiger partial charge is 0.0610 e. The van der Waals surface area contributed by atoms with Gasteiger partial charge in [-0.3, -0.25) is 5.01 Å². The Morgan fingerprint density at radius 2 is 1.92 bits per heavy atom. The van der Waals surface area contributed by atoms with E-state index in [0.717, 1.165) is 13.0 Å². The van der Waals surface area contributed by atoms with Crippen LogP contribution in [0.1, 0.15) is 18.1 Å². The van der Waals surface area contributed by atoms with Crippen molar-refractivity contribution in [1.29, 1.82) is 0 Å². The normalized spacial score (nSPS) is 16.2. The Balaban J connectivity index is 2.40. The van der Waals surface area contributed by atoms with Crippen LogP contribution in [-0.4, -0.2) is 17.8 Å². The van der Waals surface area contributed by atoms with E-state index in [2.05, 4.69) is 36.3 Å². The van der Waals surface area contributed by atoms with Crippen LogP contribution in [0.15, 0.2) is 29.4 Å². The van der Waals surface area contributed by atoms with Crippen LogP contribution in [0.3, 0.4) is 0 Å². The highest BCUT2D eigenvalue weighted by atomic mass is 15.4. The molecule has 0 amide bonds. The molecule has 0 saturated carbocycles. The lowest BCUT2D eigenvalue weighted by atomic mass is 10.0. The van der Waals surface area contributed by atoms with Gasteiger partial charge in [0.2, 0.25) is 0 Å². The number of nitrogens with zero attached hydrogens (tertiary/aromatic N) is 2. The van der Waals surface area contributed by atoms with Gasteiger partial charge in [-0.1, -0.05) is 24.3 Å². The van der Waals surface area contributed by atoms with Gasteiger partial charge in [0.25, 0.3) is 0 Å². The first-order valence-electron chi connectivity index (χ1n) is 4.58. The quantitative estimate of drug-likeness (QED) is 0.587. The summed E-state index contributed by atoms with van der Waals surface area (Å²) in [6, 6.07) is 8.55. The molecule has 13 heavy (non-hydrogen) atoms. The topological polar surface area (TPSA) is 15.6 Å². The molecule has 1 aliphatic rings. The van der Waals surface area contributed by atoms with Crippen molar-refractivity contribution in [2.45, 2.75) is 19.9 Å². The summed E-state index contributed by atoms with van der Waals surface area (Å²) in [5, 5.41) is 6.44. The summed E-state index contributed by atoms with van der Waals surface area (Å²) in [6.45, 7) is 3.01. The third-order valence-corrected chi connectivity index (χ3v) is 2.31. The monoisotopic (exact) mass is 174 g/mol. The highest BCUT2D eigenvalue weighted by molar-refractivity contribution is 5.84. The molecule has 1 aromatic carbocycles. The molecular formula is C11H14N2. The maximum Gasteiger partial charge on any atom is 0.0610 e. The number of benzene rings is 1. The van der Waals surface area contributed by atoms with E-state index in [0.29, 0.717) is 0 Å². The molecule has 1 heterocycles. The second kappa shape index (κ2) is 3.21. The molecule has 0 aliphatic carbocycles. The first kappa shape index (κ1) is 8.30. The second-order valence-corrected chi connectivity index (χ2v) is 3.60. The van der Waals surface area contributed by atoms with Gasteiger partial charge in [0, 0.05) is 19.2 Å². The molecule has 68 valence electrons. The first-order valence-corrected chi connectivity index (χ1v) is 4.58. The summed E-state index contributed by atoms with van der Waals surface area (Å²) < 4.78 is 0. The Bertz CT molecular complexity index is 342. The average molecular weight is 174 g/mol. The van der Waals surface area contributed by atoms with Gasteiger partial charge in [0.1, 0.15) is 0 Å². The van der Waals surface area contributed by atoms with Gasteiger partial charge in [0.05, 0.1) is 6.54 Å². The van der Waals surface area contributed by atoms with Crippen molar-refractivity contribution >= 4 is 5.71 Å². The SMILES string of the molecule is CC1=NN(C)Cc2ccccc2C1. The summed E-state index contributed by atoms with van der Waals surface area (Å²) in [4.78, 5) is 0. The minimum Gasteiger partial charge on any atom is -0.296 e. The van der Waals surface area contributed by atoms with E-state index in [4.69, 9.17) is 0 Å². The van der Waals surface area contributed by atoms with Gasteiger partial charge in [-0.2, -0.15) is 5.10 Å². The lowest BCUT2D eigenvalue weighted by Gasteiger charge is -2.11. The molecule has 1 aromatic rings. The molecule has 0 aromatic heterocycles. The zero-order chi connectivity index (χ0) is 9.26. The van der Waals surface area contributed by atoms with E-state index in [1.807, 2.05) is 12.1 Å². The summed E-state index contributed by atoms with van der Waals surface area (Å²) in [5.74, 6) is 0. The van der Waals surface area contributed by atoms with Crippen molar-refractivity contribution in [3.8, 4) is 0 Å². The van der Waals surface area contributed by atoms with Crippen molar-refractivity contribution in [3.63, 3.8) is 0 Å². The molecule has 0 atom stereocenters.